The van der Waals surface area contributed by atoms with E-state index in [1.165, 1.54) is 18.6 Å². The largest absolute Gasteiger partial charge is 0.118 e. The van der Waals surface area contributed by atoms with Crippen LogP contribution in [0.1, 0.15) is 6.42 Å². The Hall–Kier alpha value is 0.517. The van der Waals surface area contributed by atoms with Gasteiger partial charge in [-0.05, 0) is 19.5 Å². The fourth-order valence-corrected chi connectivity index (χ4v) is 13.0. The summed E-state index contributed by atoms with van der Waals surface area (Å²) in [5, 5.41) is 0. The first-order chi connectivity index (χ1) is 4.41. The van der Waals surface area contributed by atoms with Crippen molar-refractivity contribution in [3.05, 3.63) is 0 Å². The zero-order chi connectivity index (χ0) is 7.83. The highest BCUT2D eigenvalue weighted by Gasteiger charge is 2.24. The second kappa shape index (κ2) is 2.53. The van der Waals surface area contributed by atoms with Crippen molar-refractivity contribution >= 4 is 20.4 Å². The van der Waals surface area contributed by atoms with Crippen LogP contribution in [0.15, 0.2) is 0 Å². The van der Waals surface area contributed by atoms with E-state index in [2.05, 4.69) is 31.8 Å². The van der Waals surface area contributed by atoms with E-state index in [-0.39, 0.29) is 0 Å². The maximum atomic E-state index is 2.77. The summed E-state index contributed by atoms with van der Waals surface area (Å²) in [7, 11) is -0.802. The lowest BCUT2D eigenvalue weighted by atomic mass is 10.6. The van der Waals surface area contributed by atoms with E-state index in [1.807, 2.05) is 0 Å². The molecule has 0 atom stereocenters. The molecule has 0 unspecified atom stereocenters. The van der Waals surface area contributed by atoms with Gasteiger partial charge < -0.3 is 0 Å². The summed E-state index contributed by atoms with van der Waals surface area (Å²) in [6, 6.07) is 1.54. The summed E-state index contributed by atoms with van der Waals surface area (Å²) in [6.07, 6.45) is 3.03. The van der Waals surface area contributed by atoms with Crippen molar-refractivity contribution in [1.82, 2.24) is 0 Å². The van der Waals surface area contributed by atoms with Crippen LogP contribution in [0.2, 0.25) is 19.1 Å². The molecule has 0 aromatic carbocycles. The topological polar surface area (TPSA) is 0 Å². The predicted octanol–water partition coefficient (Wildman–Crippen LogP) is 2.72. The zero-order valence-electron chi connectivity index (χ0n) is 7.65. The molecule has 1 heterocycles. The molecule has 1 aliphatic rings. The van der Waals surface area contributed by atoms with Crippen LogP contribution in [-0.2, 0) is 0 Å². The Labute approximate surface area is 66.0 Å². The smallest absolute Gasteiger partial charge is 0.0718 e. The summed E-state index contributed by atoms with van der Waals surface area (Å²) >= 11 is 0. The molecule has 0 aromatic rings. The average Bonchev–Trinajstić information content (AvgIpc) is 1.56. The van der Waals surface area contributed by atoms with Gasteiger partial charge >= 0.3 is 0 Å². The Morgan fingerprint density at radius 3 is 2.20 bits per heavy atom. The van der Waals surface area contributed by atoms with Crippen molar-refractivity contribution in [3.8, 4) is 0 Å². The summed E-state index contributed by atoms with van der Waals surface area (Å²) in [5.41, 5.74) is 2.77. The van der Waals surface area contributed by atoms with Crippen molar-refractivity contribution in [3.63, 3.8) is 0 Å². The molecule has 0 saturated carbocycles. The molecule has 60 valence electrons. The van der Waals surface area contributed by atoms with Gasteiger partial charge in [0.05, 0.1) is 8.07 Å². The summed E-state index contributed by atoms with van der Waals surface area (Å²) in [5.74, 6) is 0. The maximum Gasteiger partial charge on any atom is 0.0718 e. The van der Waals surface area contributed by atoms with E-state index in [1.54, 1.807) is 0 Å². The van der Waals surface area contributed by atoms with Crippen molar-refractivity contribution in [1.29, 1.82) is 0 Å². The van der Waals surface area contributed by atoms with Gasteiger partial charge in [-0.25, -0.2) is 0 Å². The Kier molecular flexibility index (Phi) is 2.18. The van der Waals surface area contributed by atoms with Crippen LogP contribution in [-0.4, -0.2) is 33.0 Å². The lowest BCUT2D eigenvalue weighted by Crippen LogP contribution is -2.31. The Bertz CT molecular complexity index is 176. The number of hydrogen-bond donors (Lipinski definition) is 0. The molecule has 0 bridgehead atoms. The molecule has 0 aromatic heterocycles. The van der Waals surface area contributed by atoms with Crippen molar-refractivity contribution in [2.24, 2.45) is 0 Å². The molecule has 0 fully saturated rings. The lowest BCUT2D eigenvalue weighted by Gasteiger charge is -2.30. The van der Waals surface area contributed by atoms with Gasteiger partial charge in [0.2, 0.25) is 0 Å². The highest BCUT2D eigenvalue weighted by Crippen LogP contribution is 2.44. The molecule has 0 radical (unpaired) electrons. The fourth-order valence-electron chi connectivity index (χ4n) is 2.02. The van der Waals surface area contributed by atoms with Crippen LogP contribution in [0.5, 0.6) is 0 Å². The number of hydrogen-bond acceptors (Lipinski definition) is 0. The van der Waals surface area contributed by atoms with Gasteiger partial charge in [0.1, 0.15) is 0 Å². The quantitative estimate of drug-likeness (QED) is 0.391. The van der Waals surface area contributed by atoms with Gasteiger partial charge in [-0.3, -0.25) is 0 Å². The summed E-state index contributed by atoms with van der Waals surface area (Å²) < 4.78 is 0. The van der Waals surface area contributed by atoms with Crippen LogP contribution >= 0.6 is 6.89 Å². The third kappa shape index (κ3) is 2.28. The Balaban J connectivity index is 2.87. The molecule has 10 heavy (non-hydrogen) atoms. The molecular formula is C8H19PSi. The molecule has 1 aliphatic heterocycles. The molecule has 0 aliphatic carbocycles. The van der Waals surface area contributed by atoms with Crippen molar-refractivity contribution in [2.75, 3.05) is 19.5 Å². The maximum absolute atomic E-state index is 2.77. The highest BCUT2D eigenvalue weighted by molar-refractivity contribution is 7.77. The SMILES string of the molecule is C[Si]1(C)C=P(C)(C)CCC1. The normalized spacial score (nSPS) is 29.2. The van der Waals surface area contributed by atoms with Crippen LogP contribution in [0.25, 0.3) is 0 Å². The molecule has 0 nitrogen and oxygen atoms in total. The van der Waals surface area contributed by atoms with E-state index < -0.39 is 15.0 Å². The Morgan fingerprint density at radius 2 is 1.90 bits per heavy atom. The first-order valence-electron chi connectivity index (χ1n) is 4.11. The third-order valence-corrected chi connectivity index (χ3v) is 11.0. The number of rotatable bonds is 0. The molecule has 1 rings (SSSR count). The van der Waals surface area contributed by atoms with Crippen molar-refractivity contribution in [2.45, 2.75) is 25.6 Å². The van der Waals surface area contributed by atoms with E-state index in [0.29, 0.717) is 0 Å². The molecule has 0 amide bonds. The van der Waals surface area contributed by atoms with E-state index in [9.17, 15) is 0 Å². The predicted molar refractivity (Wildman–Crippen MR) is 56.6 cm³/mol. The lowest BCUT2D eigenvalue weighted by molar-refractivity contribution is 1.06. The van der Waals surface area contributed by atoms with Gasteiger partial charge in [-0.1, -0.05) is 31.0 Å². The minimum Gasteiger partial charge on any atom is -0.118 e. The van der Waals surface area contributed by atoms with E-state index >= 15 is 0 Å². The first-order valence-corrected chi connectivity index (χ1v) is 10.3. The minimum absolute atomic E-state index is 0.521. The van der Waals surface area contributed by atoms with E-state index in [0.717, 1.165) is 0 Å². The monoisotopic (exact) mass is 174 g/mol. The highest BCUT2D eigenvalue weighted by atomic mass is 31.2. The zero-order valence-corrected chi connectivity index (χ0v) is 9.54. The second-order valence-corrected chi connectivity index (χ2v) is 14.2. The van der Waals surface area contributed by atoms with Crippen LogP contribution < -0.4 is 0 Å². The van der Waals surface area contributed by atoms with Gasteiger partial charge in [0.25, 0.3) is 0 Å². The molecular weight excluding hydrogens is 155 g/mol. The second-order valence-electron chi connectivity index (χ2n) is 4.72. The summed E-state index contributed by atoms with van der Waals surface area (Å²) in [6.45, 7) is 9.47. The summed E-state index contributed by atoms with van der Waals surface area (Å²) in [4.78, 5) is 0. The third-order valence-electron chi connectivity index (χ3n) is 2.25. The average molecular weight is 174 g/mol. The molecule has 0 saturated heterocycles. The van der Waals surface area contributed by atoms with Crippen molar-refractivity contribution < 1.29 is 0 Å². The van der Waals surface area contributed by atoms with Crippen LogP contribution in [0.4, 0.5) is 0 Å². The van der Waals surface area contributed by atoms with Crippen LogP contribution in [0, 0.1) is 0 Å². The Morgan fingerprint density at radius 1 is 1.30 bits per heavy atom. The minimum atomic E-state index is -0.802. The van der Waals surface area contributed by atoms with Crippen LogP contribution in [0.3, 0.4) is 0 Å². The van der Waals surface area contributed by atoms with E-state index in [4.69, 9.17) is 0 Å². The van der Waals surface area contributed by atoms with Gasteiger partial charge in [-0.2, -0.15) is 0 Å². The fraction of sp³-hybridized carbons (Fsp3) is 0.875. The van der Waals surface area contributed by atoms with Gasteiger partial charge in [-0.15, -0.1) is 6.89 Å². The molecule has 2 heteroatoms. The van der Waals surface area contributed by atoms with Gasteiger partial charge in [0.15, 0.2) is 0 Å². The molecule has 0 N–H and O–H groups in total. The molecule has 0 spiro atoms. The standard InChI is InChI=1S/C8H19PSi/c1-9(2)6-5-7-10(3,4)8-9/h8H,5-7H2,1-4H3. The van der Waals surface area contributed by atoms with Gasteiger partial charge in [0, 0.05) is 0 Å². The first kappa shape index (κ1) is 8.61.